The van der Waals surface area contributed by atoms with Gasteiger partial charge < -0.3 is 24.2 Å². The van der Waals surface area contributed by atoms with Crippen LogP contribution in [0.2, 0.25) is 0 Å². The van der Waals surface area contributed by atoms with Crippen molar-refractivity contribution in [1.29, 1.82) is 0 Å². The Morgan fingerprint density at radius 2 is 1.77 bits per heavy atom. The fraction of sp³-hybridized carbons (Fsp3) is 0.609. The predicted octanol–water partition coefficient (Wildman–Crippen LogP) is 1.32. The number of rotatable bonds is 8. The third kappa shape index (κ3) is 6.04. The normalized spacial score (nSPS) is 20.6. The van der Waals surface area contributed by atoms with E-state index in [1.807, 2.05) is 47.1 Å². The Labute approximate surface area is 184 Å². The van der Waals surface area contributed by atoms with Crippen molar-refractivity contribution in [3.8, 4) is 0 Å². The van der Waals surface area contributed by atoms with E-state index in [4.69, 9.17) is 9.47 Å². The van der Waals surface area contributed by atoms with Crippen molar-refractivity contribution in [3.05, 3.63) is 35.9 Å². The third-order valence-electron chi connectivity index (χ3n) is 6.07. The smallest absolute Gasteiger partial charge is 0.248 e. The van der Waals surface area contributed by atoms with Gasteiger partial charge in [-0.1, -0.05) is 30.3 Å². The molecule has 3 rings (SSSR count). The lowest BCUT2D eigenvalue weighted by Crippen LogP contribution is -2.41. The standard InChI is InChI=1S/C23H33N3O5/c1-18(19-7-4-3-5-8-19)26-16-20(15-21(26)27)23(29)25-10-6-9-24(11-12-25)22(28)17-31-14-13-30-2/h3-5,7-8,18,20H,6,9-17H2,1-2H3. The number of nitrogens with zero attached hydrogens (tertiary/aromatic N) is 3. The molecule has 2 unspecified atom stereocenters. The second kappa shape index (κ2) is 11.2. The van der Waals surface area contributed by atoms with Gasteiger partial charge in [0.25, 0.3) is 0 Å². The molecule has 2 heterocycles. The molecular weight excluding hydrogens is 398 g/mol. The molecule has 2 atom stereocenters. The van der Waals surface area contributed by atoms with Gasteiger partial charge in [-0.2, -0.15) is 0 Å². The Bertz CT molecular complexity index is 757. The van der Waals surface area contributed by atoms with Crippen LogP contribution in [-0.2, 0) is 23.9 Å². The Hall–Kier alpha value is -2.45. The average Bonchev–Trinajstić information content (AvgIpc) is 3.01. The minimum Gasteiger partial charge on any atom is -0.382 e. The maximum atomic E-state index is 13.1. The van der Waals surface area contributed by atoms with Crippen LogP contribution in [0.15, 0.2) is 30.3 Å². The van der Waals surface area contributed by atoms with Gasteiger partial charge >= 0.3 is 0 Å². The van der Waals surface area contributed by atoms with Gasteiger partial charge in [0, 0.05) is 46.3 Å². The van der Waals surface area contributed by atoms with Gasteiger partial charge in [-0.05, 0) is 18.9 Å². The van der Waals surface area contributed by atoms with Crippen LogP contribution in [0, 0.1) is 5.92 Å². The summed E-state index contributed by atoms with van der Waals surface area (Å²) in [5, 5.41) is 0. The van der Waals surface area contributed by atoms with Crippen molar-refractivity contribution in [2.75, 3.05) is 59.7 Å². The minimum absolute atomic E-state index is 0.0155. The molecule has 0 N–H and O–H groups in total. The molecule has 1 aromatic rings. The summed E-state index contributed by atoms with van der Waals surface area (Å²) in [5.41, 5.74) is 1.07. The molecule has 2 saturated heterocycles. The molecule has 0 bridgehead atoms. The zero-order chi connectivity index (χ0) is 22.2. The number of likely N-dealkylation sites (tertiary alicyclic amines) is 1. The van der Waals surface area contributed by atoms with E-state index in [-0.39, 0.29) is 42.7 Å². The number of carbonyl (C=O) groups excluding carboxylic acids is 3. The first-order chi connectivity index (χ1) is 15.0. The molecule has 31 heavy (non-hydrogen) atoms. The van der Waals surface area contributed by atoms with Crippen LogP contribution in [0.3, 0.4) is 0 Å². The summed E-state index contributed by atoms with van der Waals surface area (Å²) >= 11 is 0. The van der Waals surface area contributed by atoms with E-state index in [2.05, 4.69) is 0 Å². The highest BCUT2D eigenvalue weighted by molar-refractivity contribution is 5.89. The van der Waals surface area contributed by atoms with Crippen molar-refractivity contribution in [2.24, 2.45) is 5.92 Å². The highest BCUT2D eigenvalue weighted by Gasteiger charge is 2.39. The molecule has 1 aromatic carbocycles. The molecule has 3 amide bonds. The summed E-state index contributed by atoms with van der Waals surface area (Å²) < 4.78 is 10.2. The van der Waals surface area contributed by atoms with Gasteiger partial charge in [0.15, 0.2) is 0 Å². The van der Waals surface area contributed by atoms with Gasteiger partial charge in [-0.25, -0.2) is 0 Å². The summed E-state index contributed by atoms with van der Waals surface area (Å²) in [6, 6.07) is 9.83. The van der Waals surface area contributed by atoms with E-state index in [1.54, 1.807) is 12.0 Å². The number of amides is 3. The lowest BCUT2D eigenvalue weighted by atomic mass is 10.1. The molecule has 0 radical (unpaired) electrons. The number of hydrogen-bond donors (Lipinski definition) is 0. The molecule has 2 aliphatic heterocycles. The van der Waals surface area contributed by atoms with E-state index in [0.29, 0.717) is 45.9 Å². The maximum absolute atomic E-state index is 13.1. The first kappa shape index (κ1) is 23.2. The molecule has 0 spiro atoms. The lowest BCUT2D eigenvalue weighted by Gasteiger charge is -2.27. The van der Waals surface area contributed by atoms with E-state index in [0.717, 1.165) is 12.0 Å². The molecular formula is C23H33N3O5. The molecule has 0 aromatic heterocycles. The lowest BCUT2D eigenvalue weighted by molar-refractivity contribution is -0.138. The Kier molecular flexibility index (Phi) is 8.43. The van der Waals surface area contributed by atoms with Gasteiger partial charge in [-0.3, -0.25) is 14.4 Å². The van der Waals surface area contributed by atoms with E-state index >= 15 is 0 Å². The zero-order valence-corrected chi connectivity index (χ0v) is 18.5. The van der Waals surface area contributed by atoms with Crippen molar-refractivity contribution >= 4 is 17.7 Å². The van der Waals surface area contributed by atoms with Crippen molar-refractivity contribution in [1.82, 2.24) is 14.7 Å². The molecule has 170 valence electrons. The maximum Gasteiger partial charge on any atom is 0.248 e. The van der Waals surface area contributed by atoms with Crippen LogP contribution >= 0.6 is 0 Å². The summed E-state index contributed by atoms with van der Waals surface area (Å²) in [4.78, 5) is 43.5. The van der Waals surface area contributed by atoms with Crippen molar-refractivity contribution in [3.63, 3.8) is 0 Å². The average molecular weight is 432 g/mol. The van der Waals surface area contributed by atoms with Gasteiger partial charge in [0.05, 0.1) is 25.2 Å². The molecule has 2 aliphatic rings. The SMILES string of the molecule is COCCOCC(=O)N1CCCN(C(=O)C2CC(=O)N(C(C)c3ccccc3)C2)CC1. The van der Waals surface area contributed by atoms with Crippen LogP contribution in [0.1, 0.15) is 31.4 Å². The molecule has 8 heteroatoms. The Morgan fingerprint density at radius 1 is 1.06 bits per heavy atom. The number of hydrogen-bond acceptors (Lipinski definition) is 5. The first-order valence-corrected chi connectivity index (χ1v) is 11.0. The van der Waals surface area contributed by atoms with Crippen molar-refractivity contribution in [2.45, 2.75) is 25.8 Å². The van der Waals surface area contributed by atoms with Gasteiger partial charge in [0.2, 0.25) is 17.7 Å². The topological polar surface area (TPSA) is 79.4 Å². The first-order valence-electron chi connectivity index (χ1n) is 11.0. The summed E-state index contributed by atoms with van der Waals surface area (Å²) in [6.45, 7) is 5.50. The molecule has 0 aliphatic carbocycles. The summed E-state index contributed by atoms with van der Waals surface area (Å²) in [5.74, 6) is -0.348. The van der Waals surface area contributed by atoms with Crippen LogP contribution in [-0.4, -0.2) is 92.1 Å². The highest BCUT2D eigenvalue weighted by atomic mass is 16.5. The monoisotopic (exact) mass is 431 g/mol. The Morgan fingerprint density at radius 3 is 2.52 bits per heavy atom. The van der Waals surface area contributed by atoms with Crippen molar-refractivity contribution < 1.29 is 23.9 Å². The summed E-state index contributed by atoms with van der Waals surface area (Å²) in [6.07, 6.45) is 0.975. The largest absolute Gasteiger partial charge is 0.382 e. The van der Waals surface area contributed by atoms with E-state index in [1.165, 1.54) is 0 Å². The van der Waals surface area contributed by atoms with Crippen LogP contribution < -0.4 is 0 Å². The number of benzene rings is 1. The molecule has 2 fully saturated rings. The van der Waals surface area contributed by atoms with E-state index in [9.17, 15) is 14.4 Å². The predicted molar refractivity (Wildman–Crippen MR) is 115 cm³/mol. The second-order valence-corrected chi connectivity index (χ2v) is 8.14. The zero-order valence-electron chi connectivity index (χ0n) is 18.5. The van der Waals surface area contributed by atoms with Gasteiger partial charge in [0.1, 0.15) is 6.61 Å². The van der Waals surface area contributed by atoms with Crippen LogP contribution in [0.25, 0.3) is 0 Å². The number of ether oxygens (including phenoxy) is 2. The van der Waals surface area contributed by atoms with Crippen LogP contribution in [0.4, 0.5) is 0 Å². The fourth-order valence-corrected chi connectivity index (χ4v) is 4.22. The summed E-state index contributed by atoms with van der Waals surface area (Å²) in [7, 11) is 1.59. The number of carbonyl (C=O) groups is 3. The minimum atomic E-state index is -0.321. The Balaban J connectivity index is 1.51. The molecule has 0 saturated carbocycles. The quantitative estimate of drug-likeness (QED) is 0.580. The second-order valence-electron chi connectivity index (χ2n) is 8.14. The van der Waals surface area contributed by atoms with Crippen LogP contribution in [0.5, 0.6) is 0 Å². The molecule has 8 nitrogen and oxygen atoms in total. The van der Waals surface area contributed by atoms with Gasteiger partial charge in [-0.15, -0.1) is 0 Å². The van der Waals surface area contributed by atoms with E-state index < -0.39 is 0 Å². The number of methoxy groups -OCH3 is 1. The third-order valence-corrected chi connectivity index (χ3v) is 6.07. The highest BCUT2D eigenvalue weighted by Crippen LogP contribution is 2.29. The fourth-order valence-electron chi connectivity index (χ4n) is 4.22.